The lowest BCUT2D eigenvalue weighted by Crippen LogP contribution is -2.38. The van der Waals surface area contributed by atoms with E-state index < -0.39 is 24.1 Å². The maximum absolute atomic E-state index is 10.1. The number of hydrogen-bond acceptors (Lipinski definition) is 6. The van der Waals surface area contributed by atoms with Crippen LogP contribution in [0.1, 0.15) is 6.92 Å². The highest BCUT2D eigenvalue weighted by Crippen LogP contribution is 1.99. The summed E-state index contributed by atoms with van der Waals surface area (Å²) in [4.78, 5) is 20.0. The molecule has 0 aromatic rings. The third kappa shape index (κ3) is 9.13. The molecule has 0 radical (unpaired) electrons. The number of rotatable bonds is 5. The van der Waals surface area contributed by atoms with Gasteiger partial charge in [0.25, 0.3) is 0 Å². The Morgan fingerprint density at radius 3 is 2.12 bits per heavy atom. The molecule has 1 unspecified atom stereocenters. The first-order valence-electron chi connectivity index (χ1n) is 4.28. The molecule has 0 aliphatic carbocycles. The Hall–Kier alpha value is -1.44. The molecule has 1 atom stereocenters. The second-order valence-corrected chi connectivity index (χ2v) is 2.83. The van der Waals surface area contributed by atoms with Crippen LogP contribution in [-0.2, 0) is 14.3 Å². The number of aliphatic hydroxyl groups is 3. The van der Waals surface area contributed by atoms with E-state index >= 15 is 0 Å². The van der Waals surface area contributed by atoms with Crippen molar-refractivity contribution in [3.05, 3.63) is 12.7 Å². The van der Waals surface area contributed by atoms with Crippen molar-refractivity contribution in [2.45, 2.75) is 12.5 Å². The van der Waals surface area contributed by atoms with E-state index in [4.69, 9.17) is 20.4 Å². The van der Waals surface area contributed by atoms with Gasteiger partial charge in [0.15, 0.2) is 5.60 Å². The van der Waals surface area contributed by atoms with Crippen molar-refractivity contribution in [3.63, 3.8) is 0 Å². The topological polar surface area (TPSA) is 124 Å². The van der Waals surface area contributed by atoms with Crippen molar-refractivity contribution in [2.75, 3.05) is 19.8 Å². The molecule has 94 valence electrons. The molecule has 4 N–H and O–H groups in total. The Labute approximate surface area is 92.6 Å². The van der Waals surface area contributed by atoms with Crippen molar-refractivity contribution < 1.29 is 34.8 Å². The molecule has 7 nitrogen and oxygen atoms in total. The van der Waals surface area contributed by atoms with Crippen LogP contribution >= 0.6 is 0 Å². The minimum absolute atomic E-state index is 0.0465. The second kappa shape index (κ2) is 8.84. The van der Waals surface area contributed by atoms with E-state index in [0.29, 0.717) is 0 Å². The molecule has 0 fully saturated rings. The summed E-state index contributed by atoms with van der Waals surface area (Å²) in [6, 6.07) is 0. The van der Waals surface area contributed by atoms with Gasteiger partial charge in [-0.15, -0.1) is 0 Å². The molecule has 0 bridgehead atoms. The van der Waals surface area contributed by atoms with Gasteiger partial charge >= 0.3 is 11.9 Å². The second-order valence-electron chi connectivity index (χ2n) is 2.83. The van der Waals surface area contributed by atoms with Crippen LogP contribution in [0, 0.1) is 0 Å². The average molecular weight is 236 g/mol. The number of carboxylic acids is 1. The maximum Gasteiger partial charge on any atom is 0.337 e. The van der Waals surface area contributed by atoms with Crippen molar-refractivity contribution in [1.29, 1.82) is 0 Å². The largest absolute Gasteiger partial charge is 0.479 e. The molecule has 0 aliphatic rings. The molecule has 0 aliphatic heterocycles. The number of hydrogen-bond donors (Lipinski definition) is 4. The fourth-order valence-corrected chi connectivity index (χ4v) is 0.273. The monoisotopic (exact) mass is 236 g/mol. The van der Waals surface area contributed by atoms with E-state index in [9.17, 15) is 9.59 Å². The summed E-state index contributed by atoms with van der Waals surface area (Å²) >= 11 is 0. The molecule has 16 heavy (non-hydrogen) atoms. The van der Waals surface area contributed by atoms with Gasteiger partial charge in [-0.2, -0.15) is 0 Å². The van der Waals surface area contributed by atoms with Gasteiger partial charge in [-0.3, -0.25) is 0 Å². The Morgan fingerprint density at radius 1 is 1.44 bits per heavy atom. The van der Waals surface area contributed by atoms with Crippen molar-refractivity contribution in [2.24, 2.45) is 0 Å². The van der Waals surface area contributed by atoms with E-state index in [1.54, 1.807) is 0 Å². The van der Waals surface area contributed by atoms with Gasteiger partial charge in [0.1, 0.15) is 6.61 Å². The summed E-state index contributed by atoms with van der Waals surface area (Å²) in [6.07, 6.45) is 1.05. The number of aliphatic carboxylic acids is 1. The fourth-order valence-electron chi connectivity index (χ4n) is 0.273. The highest BCUT2D eigenvalue weighted by atomic mass is 16.5. The summed E-state index contributed by atoms with van der Waals surface area (Å²) in [5.74, 6) is -1.92. The molecule has 0 rings (SSSR count). The summed E-state index contributed by atoms with van der Waals surface area (Å²) in [5, 5.41) is 32.8. The highest BCUT2D eigenvalue weighted by Gasteiger charge is 2.28. The molecular formula is C9H16O7. The predicted molar refractivity (Wildman–Crippen MR) is 53.6 cm³/mol. The molecule has 7 heteroatoms. The SMILES string of the molecule is C=CC(=O)OCCO.CC(O)(CO)C(=O)O. The minimum Gasteiger partial charge on any atom is -0.479 e. The van der Waals surface area contributed by atoms with Gasteiger partial charge in [-0.1, -0.05) is 6.58 Å². The van der Waals surface area contributed by atoms with E-state index in [0.717, 1.165) is 13.0 Å². The number of ether oxygens (including phenoxy) is 1. The number of esters is 1. The van der Waals surface area contributed by atoms with Crippen LogP contribution in [0.3, 0.4) is 0 Å². The van der Waals surface area contributed by atoms with Crippen LogP contribution in [-0.4, -0.2) is 57.8 Å². The van der Waals surface area contributed by atoms with Gasteiger partial charge in [0, 0.05) is 6.08 Å². The first kappa shape index (κ1) is 17.0. The third-order valence-corrected chi connectivity index (χ3v) is 1.27. The zero-order valence-corrected chi connectivity index (χ0v) is 8.92. The first-order valence-corrected chi connectivity index (χ1v) is 4.28. The van der Waals surface area contributed by atoms with Crippen LogP contribution in [0.25, 0.3) is 0 Å². The molecule has 0 saturated heterocycles. The van der Waals surface area contributed by atoms with E-state index in [-0.39, 0.29) is 13.2 Å². The highest BCUT2D eigenvalue weighted by molar-refractivity contribution is 5.81. The van der Waals surface area contributed by atoms with Gasteiger partial charge in [-0.05, 0) is 6.92 Å². The van der Waals surface area contributed by atoms with E-state index in [1.807, 2.05) is 0 Å². The zero-order chi connectivity index (χ0) is 13.2. The molecule has 0 heterocycles. The number of carbonyl (C=O) groups is 2. The van der Waals surface area contributed by atoms with Crippen LogP contribution in [0.15, 0.2) is 12.7 Å². The molecule has 0 saturated carbocycles. The number of aliphatic hydroxyl groups excluding tert-OH is 2. The lowest BCUT2D eigenvalue weighted by molar-refractivity contribution is -0.160. The normalized spacial score (nSPS) is 12.8. The van der Waals surface area contributed by atoms with E-state index in [2.05, 4.69) is 11.3 Å². The average Bonchev–Trinajstić information content (AvgIpc) is 2.26. The molecule has 0 aromatic carbocycles. The fraction of sp³-hybridized carbons (Fsp3) is 0.556. The standard InChI is InChI=1S/C5H8O3.C4H8O4/c1-2-5(7)8-4-3-6;1-4(8,2-5)3(6)7/h2,6H,1,3-4H2;5,8H,2H2,1H3,(H,6,7). The van der Waals surface area contributed by atoms with Gasteiger partial charge in [0.2, 0.25) is 0 Å². The van der Waals surface area contributed by atoms with Crippen molar-refractivity contribution >= 4 is 11.9 Å². The molecule has 0 aromatic heterocycles. The number of carboxylic acid groups (broad SMARTS) is 1. The number of carbonyl (C=O) groups excluding carboxylic acids is 1. The van der Waals surface area contributed by atoms with Crippen LogP contribution in [0.5, 0.6) is 0 Å². The molecular weight excluding hydrogens is 220 g/mol. The van der Waals surface area contributed by atoms with Gasteiger partial charge < -0.3 is 25.2 Å². The Morgan fingerprint density at radius 2 is 1.94 bits per heavy atom. The quantitative estimate of drug-likeness (QED) is 0.339. The van der Waals surface area contributed by atoms with Gasteiger partial charge in [-0.25, -0.2) is 9.59 Å². The molecule has 0 spiro atoms. The maximum atomic E-state index is 10.1. The Bertz CT molecular complexity index is 234. The lowest BCUT2D eigenvalue weighted by Gasteiger charge is -2.12. The third-order valence-electron chi connectivity index (χ3n) is 1.27. The van der Waals surface area contributed by atoms with Crippen LogP contribution in [0.4, 0.5) is 0 Å². The summed E-state index contributed by atoms with van der Waals surface area (Å²) in [5.41, 5.74) is -1.99. The summed E-state index contributed by atoms with van der Waals surface area (Å²) in [6.45, 7) is 3.33. The Kier molecular flexibility index (Phi) is 9.37. The van der Waals surface area contributed by atoms with E-state index in [1.165, 1.54) is 0 Å². The van der Waals surface area contributed by atoms with Gasteiger partial charge in [0.05, 0.1) is 13.2 Å². The van der Waals surface area contributed by atoms with Crippen molar-refractivity contribution in [3.8, 4) is 0 Å². The van der Waals surface area contributed by atoms with Crippen LogP contribution in [0.2, 0.25) is 0 Å². The van der Waals surface area contributed by atoms with Crippen molar-refractivity contribution in [1.82, 2.24) is 0 Å². The Balaban J connectivity index is 0. The van der Waals surface area contributed by atoms with Crippen LogP contribution < -0.4 is 0 Å². The lowest BCUT2D eigenvalue weighted by atomic mass is 10.1. The minimum atomic E-state index is -1.99. The summed E-state index contributed by atoms with van der Waals surface area (Å²) in [7, 11) is 0. The zero-order valence-electron chi connectivity index (χ0n) is 8.92. The smallest absolute Gasteiger partial charge is 0.337 e. The first-order chi connectivity index (χ1) is 7.31. The molecule has 0 amide bonds. The summed E-state index contributed by atoms with van der Waals surface area (Å²) < 4.78 is 4.33. The predicted octanol–water partition coefficient (Wildman–Crippen LogP) is -1.48.